The molecule has 1 saturated heterocycles. The number of amides is 1. The van der Waals surface area contributed by atoms with Gasteiger partial charge >= 0.3 is 11.9 Å². The number of carbonyl (C=O) groups excluding carboxylic acids is 3. The third-order valence-electron chi connectivity index (χ3n) is 4.96. The molecule has 30 heavy (non-hydrogen) atoms. The number of esters is 2. The second-order valence-electron chi connectivity index (χ2n) is 7.01. The second-order valence-corrected chi connectivity index (χ2v) is 8.33. The topological polar surface area (TPSA) is 98.9 Å². The van der Waals surface area contributed by atoms with Crippen molar-refractivity contribution in [1.29, 1.82) is 0 Å². The molecule has 2 aliphatic heterocycles. The van der Waals surface area contributed by atoms with Gasteiger partial charge in [0.15, 0.2) is 0 Å². The molecule has 0 saturated carbocycles. The number of ether oxygens (including phenoxy) is 2. The molecular weight excluding hydrogens is 404 g/mol. The molecule has 0 aromatic heterocycles. The van der Waals surface area contributed by atoms with Gasteiger partial charge in [-0.1, -0.05) is 55.4 Å². The summed E-state index contributed by atoms with van der Waals surface area (Å²) in [5.41, 5.74) is 7.40. The summed E-state index contributed by atoms with van der Waals surface area (Å²) in [4.78, 5) is 40.2. The Morgan fingerprint density at radius 3 is 2.40 bits per heavy atom. The standard InChI is InChI=1S/C22H26N2O5S/c1-4-6-12-29-21(26)16-15(14-10-8-7-9-11-14)17(22(27)28-5-2)20-24(18(16)23)19(25)13(3)30-20/h7-11,13,15H,4-6,12,23H2,1-3H3. The number of benzene rings is 1. The Hall–Kier alpha value is -2.74. The van der Waals surface area contributed by atoms with Crippen LogP contribution in [0.1, 0.15) is 45.1 Å². The summed E-state index contributed by atoms with van der Waals surface area (Å²) >= 11 is 1.25. The highest BCUT2D eigenvalue weighted by molar-refractivity contribution is 8.04. The average molecular weight is 431 g/mol. The number of rotatable bonds is 7. The Labute approximate surface area is 180 Å². The SMILES string of the molecule is CCCCOC(=O)C1=C(N)N2C(=O)C(C)SC2=C(C(=O)OCC)C1c1ccccc1. The zero-order valence-electron chi connectivity index (χ0n) is 17.3. The molecule has 0 aliphatic carbocycles. The zero-order valence-corrected chi connectivity index (χ0v) is 18.2. The summed E-state index contributed by atoms with van der Waals surface area (Å²) in [5, 5.41) is -0.0164. The summed E-state index contributed by atoms with van der Waals surface area (Å²) in [6.07, 6.45) is 1.57. The number of thioether (sulfide) groups is 1. The molecular formula is C22H26N2O5S. The maximum Gasteiger partial charge on any atom is 0.338 e. The minimum atomic E-state index is -0.781. The fourth-order valence-electron chi connectivity index (χ4n) is 3.50. The molecule has 1 aromatic carbocycles. The largest absolute Gasteiger partial charge is 0.463 e. The highest BCUT2D eigenvalue weighted by atomic mass is 32.2. The minimum absolute atomic E-state index is 0.00949. The van der Waals surface area contributed by atoms with Crippen molar-refractivity contribution >= 4 is 29.6 Å². The zero-order chi connectivity index (χ0) is 21.8. The normalized spacial score (nSPS) is 21.0. The molecule has 8 heteroatoms. The molecule has 1 aromatic rings. The molecule has 0 bridgehead atoms. The van der Waals surface area contributed by atoms with E-state index < -0.39 is 23.1 Å². The van der Waals surface area contributed by atoms with Crippen molar-refractivity contribution in [1.82, 2.24) is 4.90 Å². The van der Waals surface area contributed by atoms with Gasteiger partial charge in [-0.2, -0.15) is 0 Å². The van der Waals surface area contributed by atoms with E-state index in [4.69, 9.17) is 15.2 Å². The van der Waals surface area contributed by atoms with Gasteiger partial charge in [0.25, 0.3) is 0 Å². The quantitative estimate of drug-likeness (QED) is 0.524. The third kappa shape index (κ3) is 3.96. The number of fused-ring (bicyclic) bond motifs is 1. The molecule has 2 aliphatic rings. The van der Waals surface area contributed by atoms with Crippen LogP contribution in [0, 0.1) is 0 Å². The lowest BCUT2D eigenvalue weighted by atomic mass is 9.82. The second kappa shape index (κ2) is 9.38. The van der Waals surface area contributed by atoms with Gasteiger partial charge < -0.3 is 15.2 Å². The van der Waals surface area contributed by atoms with Crippen LogP contribution in [0.4, 0.5) is 0 Å². The smallest absolute Gasteiger partial charge is 0.338 e. The van der Waals surface area contributed by atoms with E-state index in [0.717, 1.165) is 6.42 Å². The van der Waals surface area contributed by atoms with Gasteiger partial charge in [-0.3, -0.25) is 9.69 Å². The lowest BCUT2D eigenvalue weighted by Crippen LogP contribution is -2.40. The van der Waals surface area contributed by atoms with Gasteiger partial charge in [-0.05, 0) is 25.8 Å². The highest BCUT2D eigenvalue weighted by Crippen LogP contribution is 2.49. The maximum absolute atomic E-state index is 13.1. The first-order valence-corrected chi connectivity index (χ1v) is 10.9. The van der Waals surface area contributed by atoms with Gasteiger partial charge in [0, 0.05) is 0 Å². The van der Waals surface area contributed by atoms with Crippen LogP contribution in [-0.2, 0) is 23.9 Å². The van der Waals surface area contributed by atoms with Gasteiger partial charge in [0.1, 0.15) is 5.82 Å². The van der Waals surface area contributed by atoms with E-state index in [0.29, 0.717) is 17.0 Å². The van der Waals surface area contributed by atoms with Gasteiger partial charge in [-0.15, -0.1) is 0 Å². The van der Waals surface area contributed by atoms with Crippen LogP contribution in [0.25, 0.3) is 0 Å². The van der Waals surface area contributed by atoms with Crippen molar-refractivity contribution in [2.75, 3.05) is 13.2 Å². The van der Waals surface area contributed by atoms with Crippen LogP contribution >= 0.6 is 11.8 Å². The van der Waals surface area contributed by atoms with E-state index in [9.17, 15) is 14.4 Å². The van der Waals surface area contributed by atoms with E-state index >= 15 is 0 Å². The summed E-state index contributed by atoms with van der Waals surface area (Å²) in [6, 6.07) is 9.12. The van der Waals surface area contributed by atoms with Gasteiger partial charge in [0.2, 0.25) is 5.91 Å². The molecule has 0 radical (unpaired) electrons. The predicted octanol–water partition coefficient (Wildman–Crippen LogP) is 3.04. The molecule has 0 spiro atoms. The number of hydrogen-bond acceptors (Lipinski definition) is 7. The molecule has 2 N–H and O–H groups in total. The first kappa shape index (κ1) is 22.0. The van der Waals surface area contributed by atoms with Crippen molar-refractivity contribution in [2.24, 2.45) is 5.73 Å². The van der Waals surface area contributed by atoms with E-state index in [1.165, 1.54) is 16.7 Å². The van der Waals surface area contributed by atoms with Crippen LogP contribution in [0.3, 0.4) is 0 Å². The monoisotopic (exact) mass is 430 g/mol. The van der Waals surface area contributed by atoms with Crippen LogP contribution < -0.4 is 5.73 Å². The van der Waals surface area contributed by atoms with Crippen LogP contribution in [0.2, 0.25) is 0 Å². The van der Waals surface area contributed by atoms with Crippen molar-refractivity contribution < 1.29 is 23.9 Å². The van der Waals surface area contributed by atoms with E-state index in [1.54, 1.807) is 13.8 Å². The van der Waals surface area contributed by atoms with Crippen molar-refractivity contribution in [2.45, 2.75) is 44.8 Å². The van der Waals surface area contributed by atoms with E-state index in [1.807, 2.05) is 37.3 Å². The average Bonchev–Trinajstić information content (AvgIpc) is 3.03. The Bertz CT molecular complexity index is 909. The summed E-state index contributed by atoms with van der Waals surface area (Å²) < 4.78 is 10.8. The molecule has 2 heterocycles. The third-order valence-corrected chi connectivity index (χ3v) is 6.14. The first-order valence-electron chi connectivity index (χ1n) is 10.1. The van der Waals surface area contributed by atoms with Crippen molar-refractivity contribution in [3.8, 4) is 0 Å². The molecule has 7 nitrogen and oxygen atoms in total. The molecule has 2 unspecified atom stereocenters. The van der Waals surface area contributed by atoms with Crippen LogP contribution in [0.15, 0.2) is 52.3 Å². The first-order chi connectivity index (χ1) is 14.4. The maximum atomic E-state index is 13.1. The van der Waals surface area contributed by atoms with Crippen molar-refractivity contribution in [3.05, 3.63) is 57.9 Å². The molecule has 3 rings (SSSR count). The summed E-state index contributed by atoms with van der Waals surface area (Å²) in [7, 11) is 0. The lowest BCUT2D eigenvalue weighted by molar-refractivity contribution is -0.140. The van der Waals surface area contributed by atoms with Crippen molar-refractivity contribution in [3.63, 3.8) is 0 Å². The van der Waals surface area contributed by atoms with Gasteiger partial charge in [-0.25, -0.2) is 9.59 Å². The highest BCUT2D eigenvalue weighted by Gasteiger charge is 2.49. The Kier molecular flexibility index (Phi) is 6.87. The predicted molar refractivity (Wildman–Crippen MR) is 114 cm³/mol. The molecule has 160 valence electrons. The lowest BCUT2D eigenvalue weighted by Gasteiger charge is -2.33. The van der Waals surface area contributed by atoms with E-state index in [-0.39, 0.29) is 36.1 Å². The summed E-state index contributed by atoms with van der Waals surface area (Å²) in [6.45, 7) is 5.84. The Morgan fingerprint density at radius 1 is 1.10 bits per heavy atom. The van der Waals surface area contributed by atoms with E-state index in [2.05, 4.69) is 0 Å². The molecule has 1 fully saturated rings. The molecule has 1 amide bonds. The minimum Gasteiger partial charge on any atom is -0.463 e. The Morgan fingerprint density at radius 2 is 1.77 bits per heavy atom. The fourth-order valence-corrected chi connectivity index (χ4v) is 4.67. The van der Waals surface area contributed by atoms with Crippen LogP contribution in [-0.4, -0.2) is 41.2 Å². The van der Waals surface area contributed by atoms with Crippen LogP contribution in [0.5, 0.6) is 0 Å². The fraction of sp³-hybridized carbons (Fsp3) is 0.409. The number of hydrogen-bond donors (Lipinski definition) is 1. The summed E-state index contributed by atoms with van der Waals surface area (Å²) in [5.74, 6) is -2.26. The number of nitrogens with zero attached hydrogens (tertiary/aromatic N) is 1. The molecule has 2 atom stereocenters. The van der Waals surface area contributed by atoms with Gasteiger partial charge in [0.05, 0.1) is 40.6 Å². The number of carbonyl (C=O) groups is 3. The number of nitrogens with two attached hydrogens (primary N) is 1. The Balaban J connectivity index is 2.19. The number of unbranched alkanes of at least 4 members (excludes halogenated alkanes) is 1.